The maximum Gasteiger partial charge on any atom is 1.00 e. The smallest absolute Gasteiger partial charge is 0.507 e. The fourth-order valence-corrected chi connectivity index (χ4v) is 3.72. The summed E-state index contributed by atoms with van der Waals surface area (Å²) in [6, 6.07) is 6.58. The Bertz CT molecular complexity index is 1520. The largest absolute Gasteiger partial charge is 1.00 e. The van der Waals surface area contributed by atoms with Gasteiger partial charge < -0.3 is 19.4 Å². The van der Waals surface area contributed by atoms with Gasteiger partial charge in [-0.25, -0.2) is 18.3 Å². The Morgan fingerprint density at radius 2 is 2.05 bits per heavy atom. The van der Waals surface area contributed by atoms with Gasteiger partial charge in [0.2, 0.25) is 0 Å². The minimum absolute atomic E-state index is 0. The molecule has 1 atom stereocenters. The zero-order chi connectivity index (χ0) is 27.0. The van der Waals surface area contributed by atoms with Gasteiger partial charge in [-0.3, -0.25) is 14.8 Å². The van der Waals surface area contributed by atoms with E-state index in [0.29, 0.717) is 0 Å². The molecule has 0 radical (unpaired) electrons. The standard InChI is InChI=1S/C22H18F5N6O4.Cs/c1-3-33-18(28-2)16(8-15(31-33)14-9-29-20(35)30-19(14)34)32-10-17(21(23,24)11-32)36-12-5-4-6-13(7-12)37-22(25,26)27;/h3-5,7-9,17H,1,10-11H2,2H3,(H2,29,30,34,35);/q-1;+1. The number of rotatable bonds is 6. The Morgan fingerprint density at radius 3 is 2.68 bits per heavy atom. The average Bonchev–Trinajstić information content (AvgIpc) is 3.11. The van der Waals surface area contributed by atoms with Gasteiger partial charge in [0.1, 0.15) is 5.69 Å². The molecule has 1 saturated heterocycles. The van der Waals surface area contributed by atoms with Crippen molar-refractivity contribution in [1.82, 2.24) is 19.7 Å². The normalized spacial score (nSPS) is 17.2. The second-order valence-electron chi connectivity index (χ2n) is 7.76. The third-order valence-corrected chi connectivity index (χ3v) is 5.27. The molecule has 0 bridgehead atoms. The Hall–Kier alpha value is -2.38. The number of hydrogen-bond donors (Lipinski definition) is 2. The van der Waals surface area contributed by atoms with Crippen molar-refractivity contribution < 1.29 is 100 Å². The van der Waals surface area contributed by atoms with Gasteiger partial charge in [-0.2, -0.15) is 11.2 Å². The summed E-state index contributed by atoms with van der Waals surface area (Å²) in [7, 11) is 1.40. The van der Waals surface area contributed by atoms with Crippen LogP contribution in [-0.2, 0) is 0 Å². The number of anilines is 1. The molecule has 2 aromatic heterocycles. The first kappa shape index (κ1) is 30.2. The van der Waals surface area contributed by atoms with Crippen LogP contribution in [0.25, 0.3) is 17.5 Å². The van der Waals surface area contributed by atoms with E-state index in [4.69, 9.17) is 4.74 Å². The number of halogens is 5. The van der Waals surface area contributed by atoms with Crippen molar-refractivity contribution in [3.05, 3.63) is 69.4 Å². The van der Waals surface area contributed by atoms with Crippen molar-refractivity contribution in [2.24, 2.45) is 4.99 Å². The van der Waals surface area contributed by atoms with Crippen molar-refractivity contribution in [2.45, 2.75) is 18.4 Å². The minimum Gasteiger partial charge on any atom is -0.507 e. The molecule has 2 N–H and O–H groups in total. The SMILES string of the molecule is C=Cn1nc(-c2c[nH]c(=O)[nH]c2=O)cc(N2CC(Oc3cc[c-]c(OC(F)(F)F)c3)C(F)(F)C2)c1=NC.[Cs+]. The third kappa shape index (κ3) is 6.78. The summed E-state index contributed by atoms with van der Waals surface area (Å²) in [4.78, 5) is 33.4. The van der Waals surface area contributed by atoms with Crippen LogP contribution < -0.4 is 100 Å². The zero-order valence-electron chi connectivity index (χ0n) is 20.0. The third-order valence-electron chi connectivity index (χ3n) is 5.27. The maximum atomic E-state index is 15.0. The molecule has 1 aliphatic rings. The second-order valence-corrected chi connectivity index (χ2v) is 7.76. The summed E-state index contributed by atoms with van der Waals surface area (Å²) in [5.41, 5.74) is -1.25. The number of H-pyrrole nitrogens is 2. The van der Waals surface area contributed by atoms with Gasteiger partial charge in [0.15, 0.2) is 11.6 Å². The number of aromatic amines is 2. The molecule has 1 unspecified atom stereocenters. The van der Waals surface area contributed by atoms with Crippen LogP contribution in [0.15, 0.2) is 51.6 Å². The first-order valence-electron chi connectivity index (χ1n) is 10.5. The molecule has 0 aliphatic carbocycles. The summed E-state index contributed by atoms with van der Waals surface area (Å²) in [5.74, 6) is -4.46. The number of aromatic nitrogens is 4. The van der Waals surface area contributed by atoms with Gasteiger partial charge in [0.25, 0.3) is 5.56 Å². The Morgan fingerprint density at radius 1 is 1.32 bits per heavy atom. The molecular formula is C22H18CsF5N6O4. The molecular weight excluding hydrogens is 640 g/mol. The van der Waals surface area contributed by atoms with E-state index in [1.54, 1.807) is 0 Å². The molecule has 10 nitrogen and oxygen atoms in total. The monoisotopic (exact) mass is 658 g/mol. The molecule has 0 saturated carbocycles. The molecule has 1 aliphatic heterocycles. The molecule has 38 heavy (non-hydrogen) atoms. The van der Waals surface area contributed by atoms with Crippen LogP contribution in [0.5, 0.6) is 11.5 Å². The minimum atomic E-state index is -4.99. The molecule has 0 amide bonds. The number of nitrogens with one attached hydrogen (secondary N) is 2. The number of nitrogens with zero attached hydrogens (tertiary/aromatic N) is 4. The fourth-order valence-electron chi connectivity index (χ4n) is 3.72. The number of benzene rings is 1. The molecule has 3 heterocycles. The molecule has 4 rings (SSSR count). The van der Waals surface area contributed by atoms with E-state index in [2.05, 4.69) is 37.4 Å². The Labute approximate surface area is 269 Å². The Balaban J connectivity index is 0.00000400. The van der Waals surface area contributed by atoms with Crippen molar-refractivity contribution >= 4 is 11.9 Å². The predicted octanol–water partition coefficient (Wildman–Crippen LogP) is -0.837. The molecule has 1 aromatic carbocycles. The van der Waals surface area contributed by atoms with E-state index in [9.17, 15) is 31.5 Å². The van der Waals surface area contributed by atoms with E-state index in [0.717, 1.165) is 18.3 Å². The Kier molecular flexibility index (Phi) is 9.36. The first-order chi connectivity index (χ1) is 17.4. The van der Waals surface area contributed by atoms with Gasteiger partial charge >= 0.3 is 86.9 Å². The summed E-state index contributed by atoms with van der Waals surface area (Å²) in [6.07, 6.45) is -4.37. The van der Waals surface area contributed by atoms with E-state index in [1.165, 1.54) is 35.0 Å². The number of ether oxygens (including phenoxy) is 2. The predicted molar refractivity (Wildman–Crippen MR) is 120 cm³/mol. The topological polar surface area (TPSA) is 118 Å². The van der Waals surface area contributed by atoms with Crippen molar-refractivity contribution in [2.75, 3.05) is 25.0 Å². The van der Waals surface area contributed by atoms with Crippen LogP contribution in [0, 0.1) is 6.07 Å². The summed E-state index contributed by atoms with van der Waals surface area (Å²) in [5, 5.41) is 4.22. The van der Waals surface area contributed by atoms with Gasteiger partial charge in [-0.05, 0) is 6.07 Å². The van der Waals surface area contributed by atoms with Crippen molar-refractivity contribution in [1.29, 1.82) is 0 Å². The molecule has 1 fully saturated rings. The van der Waals surface area contributed by atoms with Crippen LogP contribution >= 0.6 is 0 Å². The van der Waals surface area contributed by atoms with Gasteiger partial charge in [-0.1, -0.05) is 12.6 Å². The van der Waals surface area contributed by atoms with Crippen molar-refractivity contribution in [3.8, 4) is 22.8 Å². The average molecular weight is 658 g/mol. The summed E-state index contributed by atoms with van der Waals surface area (Å²) < 4.78 is 77.8. The molecule has 0 spiro atoms. The van der Waals surface area contributed by atoms with Crippen LogP contribution in [0.1, 0.15) is 0 Å². The number of alkyl halides is 5. The number of hydrogen-bond acceptors (Lipinski definition) is 7. The second kappa shape index (κ2) is 11.8. The quantitative estimate of drug-likeness (QED) is 0.264. The van der Waals surface area contributed by atoms with E-state index in [-0.39, 0.29) is 97.1 Å². The fraction of sp³-hybridized carbons (Fsp3) is 0.273. The van der Waals surface area contributed by atoms with Gasteiger partial charge in [-0.15, -0.1) is 25.3 Å². The maximum absolute atomic E-state index is 15.0. The van der Waals surface area contributed by atoms with Crippen LogP contribution in [0.4, 0.5) is 27.6 Å². The van der Waals surface area contributed by atoms with Gasteiger partial charge in [0.05, 0.1) is 24.3 Å². The first-order valence-corrected chi connectivity index (χ1v) is 10.5. The summed E-state index contributed by atoms with van der Waals surface area (Å²) >= 11 is 0. The van der Waals surface area contributed by atoms with E-state index < -0.39 is 48.5 Å². The molecule has 3 aromatic rings. The van der Waals surface area contributed by atoms with E-state index >= 15 is 0 Å². The molecule has 196 valence electrons. The van der Waals surface area contributed by atoms with Crippen LogP contribution in [0.3, 0.4) is 0 Å². The zero-order valence-corrected chi connectivity index (χ0v) is 26.3. The van der Waals surface area contributed by atoms with Crippen LogP contribution in [0.2, 0.25) is 0 Å². The summed E-state index contributed by atoms with van der Waals surface area (Å²) in [6.45, 7) is 2.39. The van der Waals surface area contributed by atoms with Crippen molar-refractivity contribution in [3.63, 3.8) is 0 Å². The van der Waals surface area contributed by atoms with Gasteiger partial charge in [0, 0.05) is 30.9 Å². The molecule has 16 heteroatoms. The van der Waals surface area contributed by atoms with E-state index in [1.807, 2.05) is 0 Å². The van der Waals surface area contributed by atoms with Crippen LogP contribution in [-0.4, -0.2) is 58.3 Å².